The third-order valence-corrected chi connectivity index (χ3v) is 5.52. The zero-order chi connectivity index (χ0) is 22.5. The minimum Gasteiger partial charge on any atom is -0.508 e. The number of carbonyl (C=O) groups excluding carboxylic acids is 1. The van der Waals surface area contributed by atoms with Gasteiger partial charge in [-0.2, -0.15) is 0 Å². The van der Waals surface area contributed by atoms with Crippen LogP contribution in [0.2, 0.25) is 0 Å². The van der Waals surface area contributed by atoms with Crippen molar-refractivity contribution < 1.29 is 15.0 Å². The number of amides is 1. The molecule has 1 amide bonds. The van der Waals surface area contributed by atoms with Crippen LogP contribution in [0, 0.1) is 5.92 Å². The van der Waals surface area contributed by atoms with Gasteiger partial charge in [-0.05, 0) is 70.7 Å². The minimum atomic E-state index is -0.233. The number of hydrogen-bond acceptors (Lipinski definition) is 3. The number of hydrogen-bond donors (Lipinski definition) is 3. The molecule has 4 heteroatoms. The molecule has 1 aliphatic carbocycles. The van der Waals surface area contributed by atoms with Crippen molar-refractivity contribution in [2.45, 2.75) is 13.3 Å². The molecule has 4 rings (SSSR count). The van der Waals surface area contributed by atoms with Gasteiger partial charge in [0.05, 0.1) is 5.92 Å². The maximum absolute atomic E-state index is 12.4. The topological polar surface area (TPSA) is 69.6 Å². The van der Waals surface area contributed by atoms with E-state index in [1.165, 1.54) is 0 Å². The normalized spacial score (nSPS) is 13.8. The molecule has 32 heavy (non-hydrogen) atoms. The van der Waals surface area contributed by atoms with Crippen molar-refractivity contribution in [2.75, 3.05) is 5.32 Å². The Morgan fingerprint density at radius 2 is 1.22 bits per heavy atom. The van der Waals surface area contributed by atoms with Gasteiger partial charge in [-0.3, -0.25) is 4.79 Å². The largest absolute Gasteiger partial charge is 0.508 e. The van der Waals surface area contributed by atoms with Gasteiger partial charge in [-0.25, -0.2) is 0 Å². The second-order valence-corrected chi connectivity index (χ2v) is 7.66. The van der Waals surface area contributed by atoms with E-state index in [0.29, 0.717) is 0 Å². The first kappa shape index (κ1) is 21.2. The lowest BCUT2D eigenvalue weighted by atomic mass is 9.88. The molecule has 0 heterocycles. The van der Waals surface area contributed by atoms with Crippen LogP contribution in [0.15, 0.2) is 97.1 Å². The average molecular weight is 424 g/mol. The molecular formula is C28H25NO3. The van der Waals surface area contributed by atoms with Gasteiger partial charge in [0, 0.05) is 5.69 Å². The highest BCUT2D eigenvalue weighted by molar-refractivity contribution is 5.99. The van der Waals surface area contributed by atoms with E-state index < -0.39 is 0 Å². The summed E-state index contributed by atoms with van der Waals surface area (Å²) in [7, 11) is 0. The summed E-state index contributed by atoms with van der Waals surface area (Å²) in [4.78, 5) is 12.4. The van der Waals surface area contributed by atoms with Gasteiger partial charge in [0.15, 0.2) is 0 Å². The molecule has 0 radical (unpaired) electrons. The predicted molar refractivity (Wildman–Crippen MR) is 129 cm³/mol. The molecule has 160 valence electrons. The van der Waals surface area contributed by atoms with Crippen molar-refractivity contribution in [1.82, 2.24) is 0 Å². The number of phenols is 2. The first-order chi connectivity index (χ1) is 15.5. The maximum atomic E-state index is 12.4. The molecule has 0 atom stereocenters. The Kier molecular flexibility index (Phi) is 6.22. The summed E-state index contributed by atoms with van der Waals surface area (Å²) in [5.41, 5.74) is 5.89. The fourth-order valence-electron chi connectivity index (χ4n) is 3.88. The van der Waals surface area contributed by atoms with Crippen LogP contribution in [0.3, 0.4) is 0 Å². The molecule has 1 aliphatic rings. The van der Waals surface area contributed by atoms with Crippen LogP contribution in [0.25, 0.3) is 11.1 Å². The summed E-state index contributed by atoms with van der Waals surface area (Å²) in [6, 6.07) is 22.1. The monoisotopic (exact) mass is 423 g/mol. The van der Waals surface area contributed by atoms with Crippen LogP contribution in [0.1, 0.15) is 30.0 Å². The molecule has 0 aliphatic heterocycles. The molecule has 3 aromatic carbocycles. The first-order valence-electron chi connectivity index (χ1n) is 10.6. The van der Waals surface area contributed by atoms with E-state index in [4.69, 9.17) is 0 Å². The highest BCUT2D eigenvalue weighted by Crippen LogP contribution is 2.36. The summed E-state index contributed by atoms with van der Waals surface area (Å²) in [5.74, 6) is 0.144. The molecule has 0 saturated heterocycles. The molecule has 3 N–H and O–H groups in total. The Balaban J connectivity index is 1.73. The lowest BCUT2D eigenvalue weighted by Crippen LogP contribution is -2.18. The Morgan fingerprint density at radius 1 is 0.750 bits per heavy atom. The van der Waals surface area contributed by atoms with Crippen LogP contribution in [-0.4, -0.2) is 16.1 Å². The molecule has 0 saturated carbocycles. The van der Waals surface area contributed by atoms with Crippen LogP contribution >= 0.6 is 0 Å². The second-order valence-electron chi connectivity index (χ2n) is 7.66. The molecule has 0 bridgehead atoms. The summed E-state index contributed by atoms with van der Waals surface area (Å²) in [6.45, 7) is 2.10. The summed E-state index contributed by atoms with van der Waals surface area (Å²) < 4.78 is 0. The maximum Gasteiger partial charge on any atom is 0.235 e. The van der Waals surface area contributed by atoms with Crippen LogP contribution in [0.4, 0.5) is 5.69 Å². The van der Waals surface area contributed by atoms with E-state index in [9.17, 15) is 15.0 Å². The standard InChI is InChI=1S/C28H25NO3/c1-2-26(19-9-15-24(30)16-10-19)27(21-11-17-25(31)18-12-21)20-7-13-23(14-8-20)29-28(32)22-5-3-4-6-22/h3-18,22,30-31H,2H2,1H3,(H,29,32)/b27-26-. The lowest BCUT2D eigenvalue weighted by Gasteiger charge is -2.17. The van der Waals surface area contributed by atoms with Crippen molar-refractivity contribution in [2.24, 2.45) is 5.92 Å². The molecule has 0 aromatic heterocycles. The number of rotatable bonds is 6. The van der Waals surface area contributed by atoms with E-state index in [2.05, 4.69) is 12.2 Å². The Bertz CT molecular complexity index is 1170. The Labute approximate surface area is 187 Å². The fourth-order valence-corrected chi connectivity index (χ4v) is 3.88. The zero-order valence-corrected chi connectivity index (χ0v) is 17.8. The average Bonchev–Trinajstić information content (AvgIpc) is 3.35. The number of anilines is 1. The van der Waals surface area contributed by atoms with Gasteiger partial charge in [0.2, 0.25) is 5.91 Å². The highest BCUT2D eigenvalue weighted by atomic mass is 16.3. The zero-order valence-electron chi connectivity index (χ0n) is 17.8. The SMILES string of the molecule is CC/C(=C(/c1ccc(O)cc1)c1ccc(NC(=O)C2C=CC=C2)cc1)c1ccc(O)cc1. The smallest absolute Gasteiger partial charge is 0.235 e. The van der Waals surface area contributed by atoms with E-state index in [1.54, 1.807) is 24.3 Å². The van der Waals surface area contributed by atoms with E-state index in [0.717, 1.165) is 39.9 Å². The van der Waals surface area contributed by atoms with Crippen molar-refractivity contribution in [1.29, 1.82) is 0 Å². The van der Waals surface area contributed by atoms with E-state index >= 15 is 0 Å². The number of aromatic hydroxyl groups is 2. The lowest BCUT2D eigenvalue weighted by molar-refractivity contribution is -0.117. The molecule has 4 nitrogen and oxygen atoms in total. The number of phenolic OH excluding ortho intramolecular Hbond substituents is 2. The molecular weight excluding hydrogens is 398 g/mol. The third-order valence-electron chi connectivity index (χ3n) is 5.52. The van der Waals surface area contributed by atoms with Crippen molar-refractivity contribution in [3.8, 4) is 11.5 Å². The highest BCUT2D eigenvalue weighted by Gasteiger charge is 2.16. The first-order valence-corrected chi connectivity index (χ1v) is 10.6. The fraction of sp³-hybridized carbons (Fsp3) is 0.107. The number of allylic oxidation sites excluding steroid dienone is 3. The van der Waals surface area contributed by atoms with Crippen molar-refractivity contribution >= 4 is 22.7 Å². The second kappa shape index (κ2) is 9.40. The summed E-state index contributed by atoms with van der Waals surface area (Å²) in [5, 5.41) is 22.4. The van der Waals surface area contributed by atoms with Gasteiger partial charge < -0.3 is 15.5 Å². The Hall–Kier alpha value is -4.05. The number of nitrogens with one attached hydrogen (secondary N) is 1. The van der Waals surface area contributed by atoms with Crippen molar-refractivity contribution in [3.63, 3.8) is 0 Å². The van der Waals surface area contributed by atoms with Crippen molar-refractivity contribution in [3.05, 3.63) is 114 Å². The summed E-state index contributed by atoms with van der Waals surface area (Å²) >= 11 is 0. The Morgan fingerprint density at radius 3 is 1.72 bits per heavy atom. The molecule has 0 unspecified atom stereocenters. The van der Waals surface area contributed by atoms with Gasteiger partial charge >= 0.3 is 0 Å². The van der Waals surface area contributed by atoms with Crippen LogP contribution in [-0.2, 0) is 4.79 Å². The summed E-state index contributed by atoms with van der Waals surface area (Å²) in [6.07, 6.45) is 8.25. The third kappa shape index (κ3) is 4.65. The predicted octanol–water partition coefficient (Wildman–Crippen LogP) is 6.15. The molecule has 0 fully saturated rings. The van der Waals surface area contributed by atoms with Crippen LogP contribution in [0.5, 0.6) is 11.5 Å². The van der Waals surface area contributed by atoms with E-state index in [1.807, 2.05) is 72.8 Å². The van der Waals surface area contributed by atoms with Gasteiger partial charge in [-0.15, -0.1) is 0 Å². The van der Waals surface area contributed by atoms with Gasteiger partial charge in [0.1, 0.15) is 11.5 Å². The molecule has 0 spiro atoms. The minimum absolute atomic E-state index is 0.0598. The quantitative estimate of drug-likeness (QED) is 0.417. The van der Waals surface area contributed by atoms with Gasteiger partial charge in [0.25, 0.3) is 0 Å². The van der Waals surface area contributed by atoms with Crippen LogP contribution < -0.4 is 5.32 Å². The number of benzene rings is 3. The molecule has 3 aromatic rings. The van der Waals surface area contributed by atoms with E-state index in [-0.39, 0.29) is 23.3 Å². The van der Waals surface area contributed by atoms with Gasteiger partial charge in [-0.1, -0.05) is 67.6 Å². The number of carbonyl (C=O) groups is 1.